The summed E-state index contributed by atoms with van der Waals surface area (Å²) >= 11 is 0. The molecule has 1 amide bonds. The summed E-state index contributed by atoms with van der Waals surface area (Å²) in [7, 11) is -3.06. The fourth-order valence-electron chi connectivity index (χ4n) is 2.42. The van der Waals surface area contributed by atoms with Gasteiger partial charge in [-0.15, -0.1) is 0 Å². The van der Waals surface area contributed by atoms with E-state index >= 15 is 0 Å². The molecule has 0 radical (unpaired) electrons. The van der Waals surface area contributed by atoms with Crippen LogP contribution >= 0.6 is 0 Å². The summed E-state index contributed by atoms with van der Waals surface area (Å²) in [5.41, 5.74) is 1.70. The fraction of sp³-hybridized carbons (Fsp3) is 0.500. The van der Waals surface area contributed by atoms with Crippen molar-refractivity contribution in [3.63, 3.8) is 0 Å². The van der Waals surface area contributed by atoms with Crippen LogP contribution in [0.4, 0.5) is 10.5 Å². The molecule has 6 heteroatoms. The molecule has 1 atom stereocenters. The number of aryl methyl sites for hydroxylation is 1. The lowest BCUT2D eigenvalue weighted by Gasteiger charge is -2.27. The van der Waals surface area contributed by atoms with Crippen LogP contribution in [0.1, 0.15) is 18.9 Å². The number of amides is 1. The maximum absolute atomic E-state index is 12.2. The summed E-state index contributed by atoms with van der Waals surface area (Å²) in [5.74, 6) is 0.124. The second-order valence-corrected chi connectivity index (χ2v) is 7.19. The fourth-order valence-corrected chi connectivity index (χ4v) is 4.11. The third-order valence-corrected chi connectivity index (χ3v) is 5.07. The molecule has 1 aliphatic heterocycles. The first kappa shape index (κ1) is 14.8. The van der Waals surface area contributed by atoms with Crippen LogP contribution in [-0.4, -0.2) is 38.7 Å². The van der Waals surface area contributed by atoms with Gasteiger partial charge in [-0.05, 0) is 38.0 Å². The number of nitrogens with zero attached hydrogens (tertiary/aromatic N) is 1. The molecule has 110 valence electrons. The number of hydrogen-bond donors (Lipinski definition) is 0. The van der Waals surface area contributed by atoms with Crippen LogP contribution in [-0.2, 0) is 14.6 Å². The summed E-state index contributed by atoms with van der Waals surface area (Å²) < 4.78 is 28.4. The molecule has 1 fully saturated rings. The number of carbonyl (C=O) groups is 1. The number of hydrogen-bond acceptors (Lipinski definition) is 4. The maximum atomic E-state index is 12.2. The standard InChI is InChI=1S/C14H19NO4S/c1-3-19-14(16)15(12-6-4-5-11(2)9-12)13-7-8-20(17,18)10-13/h4-6,9,13H,3,7-8,10H2,1-2H3. The van der Waals surface area contributed by atoms with Gasteiger partial charge in [0.2, 0.25) is 0 Å². The molecule has 0 aliphatic carbocycles. The predicted octanol–water partition coefficient (Wildman–Crippen LogP) is 2.15. The Morgan fingerprint density at radius 2 is 2.20 bits per heavy atom. The van der Waals surface area contributed by atoms with Crippen LogP contribution in [0.15, 0.2) is 24.3 Å². The largest absolute Gasteiger partial charge is 0.449 e. The molecule has 0 saturated carbocycles. The third kappa shape index (κ3) is 3.30. The topological polar surface area (TPSA) is 63.7 Å². The van der Waals surface area contributed by atoms with E-state index in [1.807, 2.05) is 25.1 Å². The van der Waals surface area contributed by atoms with E-state index < -0.39 is 15.9 Å². The second-order valence-electron chi connectivity index (χ2n) is 4.96. The van der Waals surface area contributed by atoms with Crippen molar-refractivity contribution in [1.82, 2.24) is 0 Å². The summed E-state index contributed by atoms with van der Waals surface area (Å²) in [5, 5.41) is 0. The smallest absolute Gasteiger partial charge is 0.414 e. The van der Waals surface area contributed by atoms with Crippen molar-refractivity contribution in [3.8, 4) is 0 Å². The van der Waals surface area contributed by atoms with Crippen LogP contribution < -0.4 is 4.90 Å². The van der Waals surface area contributed by atoms with E-state index in [0.717, 1.165) is 5.56 Å². The Labute approximate surface area is 119 Å². The van der Waals surface area contributed by atoms with Crippen LogP contribution in [0.2, 0.25) is 0 Å². The number of sulfone groups is 1. The van der Waals surface area contributed by atoms with Gasteiger partial charge in [0.1, 0.15) is 0 Å². The number of carbonyl (C=O) groups excluding carboxylic acids is 1. The minimum atomic E-state index is -3.06. The SMILES string of the molecule is CCOC(=O)N(c1cccc(C)c1)C1CCS(=O)(=O)C1. The Morgan fingerprint density at radius 3 is 2.75 bits per heavy atom. The highest BCUT2D eigenvalue weighted by atomic mass is 32.2. The molecule has 1 aromatic carbocycles. The van der Waals surface area contributed by atoms with Gasteiger partial charge in [-0.2, -0.15) is 0 Å². The lowest BCUT2D eigenvalue weighted by Crippen LogP contribution is -2.41. The molecule has 5 nitrogen and oxygen atoms in total. The van der Waals surface area contributed by atoms with E-state index in [2.05, 4.69) is 0 Å². The summed E-state index contributed by atoms with van der Waals surface area (Å²) in [6.07, 6.45) is -0.0325. The molecule has 1 unspecified atom stereocenters. The Balaban J connectivity index is 2.33. The van der Waals surface area contributed by atoms with Gasteiger partial charge in [0.05, 0.1) is 24.2 Å². The first-order chi connectivity index (χ1) is 9.43. The molecule has 0 bridgehead atoms. The molecule has 1 saturated heterocycles. The second kappa shape index (κ2) is 5.83. The summed E-state index contributed by atoms with van der Waals surface area (Å²) in [6, 6.07) is 7.09. The monoisotopic (exact) mass is 297 g/mol. The van der Waals surface area contributed by atoms with Crippen molar-refractivity contribution in [1.29, 1.82) is 0 Å². The summed E-state index contributed by atoms with van der Waals surface area (Å²) in [4.78, 5) is 13.6. The van der Waals surface area contributed by atoms with E-state index in [9.17, 15) is 13.2 Å². The highest BCUT2D eigenvalue weighted by Crippen LogP contribution is 2.26. The van der Waals surface area contributed by atoms with E-state index in [0.29, 0.717) is 12.1 Å². The van der Waals surface area contributed by atoms with Crippen molar-refractivity contribution in [2.24, 2.45) is 0 Å². The number of anilines is 1. The molecule has 0 aromatic heterocycles. The lowest BCUT2D eigenvalue weighted by molar-refractivity contribution is 0.157. The lowest BCUT2D eigenvalue weighted by atomic mass is 10.1. The zero-order chi connectivity index (χ0) is 14.8. The van der Waals surface area contributed by atoms with E-state index in [-0.39, 0.29) is 24.2 Å². The zero-order valence-corrected chi connectivity index (χ0v) is 12.5. The van der Waals surface area contributed by atoms with Gasteiger partial charge in [-0.3, -0.25) is 4.90 Å². The molecular weight excluding hydrogens is 278 g/mol. The van der Waals surface area contributed by atoms with Gasteiger partial charge in [-0.1, -0.05) is 12.1 Å². The van der Waals surface area contributed by atoms with Crippen LogP contribution in [0, 0.1) is 6.92 Å². The predicted molar refractivity (Wildman–Crippen MR) is 77.7 cm³/mol. The Bertz CT molecular complexity index is 597. The van der Waals surface area contributed by atoms with E-state index in [1.54, 1.807) is 13.0 Å². The minimum Gasteiger partial charge on any atom is -0.449 e. The summed E-state index contributed by atoms with van der Waals surface area (Å²) in [6.45, 7) is 3.93. The number of ether oxygens (including phenoxy) is 1. The highest BCUT2D eigenvalue weighted by molar-refractivity contribution is 7.91. The van der Waals surface area contributed by atoms with Crippen molar-refractivity contribution in [2.75, 3.05) is 23.0 Å². The quantitative estimate of drug-likeness (QED) is 0.857. The van der Waals surface area contributed by atoms with E-state index in [4.69, 9.17) is 4.74 Å². The van der Waals surface area contributed by atoms with Crippen molar-refractivity contribution in [3.05, 3.63) is 29.8 Å². The van der Waals surface area contributed by atoms with Crippen molar-refractivity contribution in [2.45, 2.75) is 26.3 Å². The third-order valence-electron chi connectivity index (χ3n) is 3.32. The Hall–Kier alpha value is -1.56. The average Bonchev–Trinajstić information content (AvgIpc) is 2.70. The normalized spacial score (nSPS) is 20.6. The Kier molecular flexibility index (Phi) is 4.32. The number of benzene rings is 1. The van der Waals surface area contributed by atoms with Gasteiger partial charge in [0.15, 0.2) is 9.84 Å². The average molecular weight is 297 g/mol. The molecule has 1 aliphatic rings. The molecule has 1 aromatic rings. The van der Waals surface area contributed by atoms with Gasteiger partial charge >= 0.3 is 6.09 Å². The Morgan fingerprint density at radius 1 is 1.45 bits per heavy atom. The van der Waals surface area contributed by atoms with E-state index in [1.165, 1.54) is 4.90 Å². The zero-order valence-electron chi connectivity index (χ0n) is 11.7. The minimum absolute atomic E-state index is 0.000242. The maximum Gasteiger partial charge on any atom is 0.414 e. The van der Waals surface area contributed by atoms with Gasteiger partial charge in [0.25, 0.3) is 0 Å². The van der Waals surface area contributed by atoms with Crippen LogP contribution in [0.3, 0.4) is 0 Å². The van der Waals surface area contributed by atoms with Gasteiger partial charge in [-0.25, -0.2) is 13.2 Å². The molecule has 1 heterocycles. The molecule has 0 N–H and O–H groups in total. The van der Waals surface area contributed by atoms with Gasteiger partial charge in [0, 0.05) is 5.69 Å². The molecule has 2 rings (SSSR count). The first-order valence-electron chi connectivity index (χ1n) is 6.66. The number of rotatable bonds is 3. The first-order valence-corrected chi connectivity index (χ1v) is 8.48. The molecule has 0 spiro atoms. The van der Waals surface area contributed by atoms with Crippen LogP contribution in [0.5, 0.6) is 0 Å². The highest BCUT2D eigenvalue weighted by Gasteiger charge is 2.36. The van der Waals surface area contributed by atoms with Crippen LogP contribution in [0.25, 0.3) is 0 Å². The molecular formula is C14H19NO4S. The van der Waals surface area contributed by atoms with Crippen molar-refractivity contribution < 1.29 is 17.9 Å². The van der Waals surface area contributed by atoms with Gasteiger partial charge < -0.3 is 4.74 Å². The molecule has 20 heavy (non-hydrogen) atoms. The van der Waals surface area contributed by atoms with Crippen molar-refractivity contribution >= 4 is 21.6 Å².